The van der Waals surface area contributed by atoms with Gasteiger partial charge in [0.25, 0.3) is 0 Å². The zero-order chi connectivity index (χ0) is 13.8. The Morgan fingerprint density at radius 3 is 2.84 bits per heavy atom. The summed E-state index contributed by atoms with van der Waals surface area (Å²) in [6, 6.07) is 2.05. The second kappa shape index (κ2) is 5.79. The predicted molar refractivity (Wildman–Crippen MR) is 66.9 cm³/mol. The van der Waals surface area contributed by atoms with E-state index in [1.165, 1.54) is 11.3 Å². The second-order valence-electron chi connectivity index (χ2n) is 3.57. The van der Waals surface area contributed by atoms with Crippen LogP contribution in [0.1, 0.15) is 4.88 Å². The lowest BCUT2D eigenvalue weighted by Crippen LogP contribution is -2.07. The van der Waals surface area contributed by atoms with Crippen LogP contribution in [0.4, 0.5) is 24.5 Å². The number of nitrogens with zero attached hydrogens (tertiary/aromatic N) is 1. The number of anilines is 2. The molecule has 1 heterocycles. The van der Waals surface area contributed by atoms with Gasteiger partial charge in [-0.15, -0.1) is 11.3 Å². The van der Waals surface area contributed by atoms with Crippen LogP contribution in [-0.4, -0.2) is 11.6 Å². The molecule has 0 saturated carbocycles. The van der Waals surface area contributed by atoms with Crippen LogP contribution < -0.4 is 15.8 Å². The number of nitrogens with two attached hydrogens (primary N) is 1. The highest BCUT2D eigenvalue weighted by molar-refractivity contribution is 7.09. The number of halogens is 3. The van der Waals surface area contributed by atoms with E-state index in [2.05, 4.69) is 15.0 Å². The van der Waals surface area contributed by atoms with Crippen molar-refractivity contribution in [2.24, 2.45) is 0 Å². The number of thiazole rings is 1. The SMILES string of the molecule is Nc1cc(F)c(OC(F)F)cc1NCc1cncs1. The lowest BCUT2D eigenvalue weighted by Gasteiger charge is -2.12. The van der Waals surface area contributed by atoms with Crippen LogP contribution in [-0.2, 0) is 6.54 Å². The number of nitrogen functional groups attached to an aromatic ring is 1. The molecule has 2 rings (SSSR count). The number of hydrogen-bond donors (Lipinski definition) is 2. The quantitative estimate of drug-likeness (QED) is 0.830. The number of rotatable bonds is 5. The zero-order valence-electron chi connectivity index (χ0n) is 9.57. The van der Waals surface area contributed by atoms with Crippen LogP contribution in [0, 0.1) is 5.82 Å². The molecule has 0 saturated heterocycles. The first-order valence-electron chi connectivity index (χ1n) is 5.21. The highest BCUT2D eigenvalue weighted by Gasteiger charge is 2.13. The average molecular weight is 289 g/mol. The van der Waals surface area contributed by atoms with Crippen molar-refractivity contribution in [3.63, 3.8) is 0 Å². The molecule has 8 heteroatoms. The van der Waals surface area contributed by atoms with Crippen molar-refractivity contribution in [3.05, 3.63) is 34.5 Å². The molecule has 0 radical (unpaired) electrons. The summed E-state index contributed by atoms with van der Waals surface area (Å²) in [5, 5.41) is 2.91. The Kier molecular flexibility index (Phi) is 4.10. The standard InChI is InChI=1S/C11H10F3N3OS/c12-7-1-8(15)9(2-10(7)18-11(13)14)17-4-6-3-16-5-19-6/h1-3,5,11,17H,4,15H2. The first-order chi connectivity index (χ1) is 9.06. The van der Waals surface area contributed by atoms with Gasteiger partial charge in [-0.2, -0.15) is 8.78 Å². The summed E-state index contributed by atoms with van der Waals surface area (Å²) in [5.41, 5.74) is 7.70. The third-order valence-corrected chi connectivity index (χ3v) is 3.04. The van der Waals surface area contributed by atoms with Gasteiger partial charge in [-0.3, -0.25) is 4.98 Å². The molecule has 0 spiro atoms. The highest BCUT2D eigenvalue weighted by atomic mass is 32.1. The summed E-state index contributed by atoms with van der Waals surface area (Å²) < 4.78 is 41.6. The molecule has 1 aromatic carbocycles. The monoisotopic (exact) mass is 289 g/mol. The summed E-state index contributed by atoms with van der Waals surface area (Å²) in [6.45, 7) is -2.68. The summed E-state index contributed by atoms with van der Waals surface area (Å²) in [7, 11) is 0. The molecule has 0 amide bonds. The van der Waals surface area contributed by atoms with Crippen molar-refractivity contribution < 1.29 is 17.9 Å². The molecule has 0 atom stereocenters. The molecule has 0 aliphatic heterocycles. The van der Waals surface area contributed by atoms with Crippen LogP contribution in [0.5, 0.6) is 5.75 Å². The van der Waals surface area contributed by atoms with Gasteiger partial charge in [-0.1, -0.05) is 0 Å². The average Bonchev–Trinajstić information content (AvgIpc) is 2.83. The third-order valence-electron chi connectivity index (χ3n) is 2.26. The summed E-state index contributed by atoms with van der Waals surface area (Å²) in [6.07, 6.45) is 1.66. The molecule has 19 heavy (non-hydrogen) atoms. The molecule has 0 bridgehead atoms. The van der Waals surface area contributed by atoms with Crippen LogP contribution in [0.3, 0.4) is 0 Å². The van der Waals surface area contributed by atoms with Crippen molar-refractivity contribution in [1.29, 1.82) is 0 Å². The van der Waals surface area contributed by atoms with E-state index in [1.54, 1.807) is 11.7 Å². The lowest BCUT2D eigenvalue weighted by molar-refractivity contribution is -0.0521. The maximum absolute atomic E-state index is 13.3. The Bertz CT molecular complexity index is 548. The Balaban J connectivity index is 2.15. The van der Waals surface area contributed by atoms with Crippen LogP contribution in [0.15, 0.2) is 23.8 Å². The summed E-state index contributed by atoms with van der Waals surface area (Å²) >= 11 is 1.43. The topological polar surface area (TPSA) is 60.2 Å². The maximum atomic E-state index is 13.3. The van der Waals surface area contributed by atoms with Gasteiger partial charge in [0.05, 0.1) is 23.4 Å². The zero-order valence-corrected chi connectivity index (χ0v) is 10.4. The van der Waals surface area contributed by atoms with Crippen molar-refractivity contribution >= 4 is 22.7 Å². The number of benzene rings is 1. The van der Waals surface area contributed by atoms with Gasteiger partial charge in [-0.05, 0) is 0 Å². The fourth-order valence-corrected chi connectivity index (χ4v) is 1.95. The Morgan fingerprint density at radius 2 is 2.21 bits per heavy atom. The molecule has 1 aromatic heterocycles. The van der Waals surface area contributed by atoms with E-state index in [1.807, 2.05) is 0 Å². The van der Waals surface area contributed by atoms with Gasteiger partial charge in [0.2, 0.25) is 0 Å². The molecular weight excluding hydrogens is 279 g/mol. The highest BCUT2D eigenvalue weighted by Crippen LogP contribution is 2.29. The first kappa shape index (κ1) is 13.5. The van der Waals surface area contributed by atoms with Gasteiger partial charge in [-0.25, -0.2) is 4.39 Å². The van der Waals surface area contributed by atoms with E-state index in [4.69, 9.17) is 5.73 Å². The molecule has 4 nitrogen and oxygen atoms in total. The fourth-order valence-electron chi connectivity index (χ4n) is 1.42. The Morgan fingerprint density at radius 1 is 1.42 bits per heavy atom. The molecule has 2 aromatic rings. The van der Waals surface area contributed by atoms with E-state index < -0.39 is 18.2 Å². The van der Waals surface area contributed by atoms with E-state index in [0.717, 1.165) is 17.0 Å². The van der Waals surface area contributed by atoms with Crippen molar-refractivity contribution in [2.45, 2.75) is 13.2 Å². The minimum absolute atomic E-state index is 0.114. The number of alkyl halides is 2. The Labute approximate surface area is 111 Å². The number of aromatic nitrogens is 1. The van der Waals surface area contributed by atoms with Gasteiger partial charge in [0, 0.05) is 23.2 Å². The molecule has 0 aliphatic carbocycles. The minimum Gasteiger partial charge on any atom is -0.432 e. The van der Waals surface area contributed by atoms with Gasteiger partial charge < -0.3 is 15.8 Å². The van der Waals surface area contributed by atoms with Crippen LogP contribution >= 0.6 is 11.3 Å². The van der Waals surface area contributed by atoms with E-state index in [-0.39, 0.29) is 5.69 Å². The minimum atomic E-state index is -3.09. The van der Waals surface area contributed by atoms with E-state index in [0.29, 0.717) is 12.2 Å². The van der Waals surface area contributed by atoms with Crippen molar-refractivity contribution in [2.75, 3.05) is 11.1 Å². The van der Waals surface area contributed by atoms with Gasteiger partial charge >= 0.3 is 6.61 Å². The third kappa shape index (κ3) is 3.50. The lowest BCUT2D eigenvalue weighted by atomic mass is 10.2. The Hall–Kier alpha value is -1.96. The molecular formula is C11H10F3N3OS. The van der Waals surface area contributed by atoms with E-state index in [9.17, 15) is 13.2 Å². The van der Waals surface area contributed by atoms with Gasteiger partial charge in [0.1, 0.15) is 0 Å². The fraction of sp³-hybridized carbons (Fsp3) is 0.182. The summed E-state index contributed by atoms with van der Waals surface area (Å²) in [4.78, 5) is 4.82. The number of hydrogen-bond acceptors (Lipinski definition) is 5. The number of ether oxygens (including phenoxy) is 1. The van der Waals surface area contributed by atoms with Gasteiger partial charge in [0.15, 0.2) is 11.6 Å². The largest absolute Gasteiger partial charge is 0.432 e. The molecule has 0 aliphatic rings. The smallest absolute Gasteiger partial charge is 0.387 e. The first-order valence-corrected chi connectivity index (χ1v) is 6.09. The van der Waals surface area contributed by atoms with Crippen molar-refractivity contribution in [1.82, 2.24) is 4.98 Å². The van der Waals surface area contributed by atoms with Crippen LogP contribution in [0.25, 0.3) is 0 Å². The molecule has 102 valence electrons. The molecule has 0 unspecified atom stereocenters. The van der Waals surface area contributed by atoms with Crippen LogP contribution in [0.2, 0.25) is 0 Å². The van der Waals surface area contributed by atoms with E-state index >= 15 is 0 Å². The number of nitrogens with one attached hydrogen (secondary N) is 1. The predicted octanol–water partition coefficient (Wildman–Crippen LogP) is 3.08. The maximum Gasteiger partial charge on any atom is 0.387 e. The summed E-state index contributed by atoms with van der Waals surface area (Å²) in [5.74, 6) is -1.47. The second-order valence-corrected chi connectivity index (χ2v) is 4.54. The molecule has 0 fully saturated rings. The molecule has 3 N–H and O–H groups in total. The normalized spacial score (nSPS) is 10.7. The van der Waals surface area contributed by atoms with Crippen molar-refractivity contribution in [3.8, 4) is 5.75 Å².